The van der Waals surface area contributed by atoms with Gasteiger partial charge in [0, 0.05) is 26.4 Å². The topological polar surface area (TPSA) is 77.9 Å². The molecule has 0 spiro atoms. The van der Waals surface area contributed by atoms with E-state index >= 15 is 0 Å². The average Bonchev–Trinajstić information content (AvgIpc) is 3.30. The molecule has 1 heterocycles. The Bertz CT molecular complexity index is 991. The summed E-state index contributed by atoms with van der Waals surface area (Å²) in [5, 5.41) is 9.95. The molecule has 36 heavy (non-hydrogen) atoms. The van der Waals surface area contributed by atoms with Gasteiger partial charge in [-0.1, -0.05) is 72.7 Å². The number of likely N-dealkylation sites (tertiary alicyclic amines) is 1. The molecule has 2 aromatic carbocycles. The van der Waals surface area contributed by atoms with Gasteiger partial charge in [-0.25, -0.2) is 8.42 Å². The maximum atomic E-state index is 13.1. The van der Waals surface area contributed by atoms with Gasteiger partial charge in [-0.05, 0) is 54.3 Å². The lowest BCUT2D eigenvalue weighted by atomic mass is 10.0. The Balaban J connectivity index is 0.00000190. The van der Waals surface area contributed by atoms with E-state index in [4.69, 9.17) is 0 Å². The van der Waals surface area contributed by atoms with E-state index in [1.165, 1.54) is 18.4 Å². The van der Waals surface area contributed by atoms with Gasteiger partial charge in [-0.15, -0.1) is 0 Å². The molecule has 0 bridgehead atoms. The molecule has 1 unspecified atom stereocenters. The Morgan fingerprint density at radius 2 is 1.64 bits per heavy atom. The third-order valence-electron chi connectivity index (χ3n) is 5.76. The third kappa shape index (κ3) is 10.7. The van der Waals surface area contributed by atoms with Crippen LogP contribution in [0.15, 0.2) is 53.4 Å². The van der Waals surface area contributed by atoms with Crippen LogP contribution in [0.3, 0.4) is 0 Å². The summed E-state index contributed by atoms with van der Waals surface area (Å²) in [4.78, 5) is 17.4. The van der Waals surface area contributed by atoms with Crippen LogP contribution in [0.2, 0.25) is 0 Å². The molecule has 0 aromatic heterocycles. The maximum absolute atomic E-state index is 13.1. The first-order chi connectivity index (χ1) is 17.1. The Kier molecular flexibility index (Phi) is 16.0. The van der Waals surface area contributed by atoms with Crippen molar-refractivity contribution in [3.8, 4) is 5.75 Å². The van der Waals surface area contributed by atoms with E-state index in [9.17, 15) is 18.3 Å². The summed E-state index contributed by atoms with van der Waals surface area (Å²) in [6.45, 7) is 17.0. The van der Waals surface area contributed by atoms with E-state index in [1.807, 2.05) is 47.6 Å². The zero-order valence-corrected chi connectivity index (χ0v) is 24.6. The first kappa shape index (κ1) is 33.6. The van der Waals surface area contributed by atoms with Crippen LogP contribution in [0.4, 0.5) is 0 Å². The second-order valence-corrected chi connectivity index (χ2v) is 10.4. The van der Waals surface area contributed by atoms with E-state index in [0.717, 1.165) is 30.6 Å². The molecule has 2 aromatic rings. The standard InChI is InChI=1S/C23H30N2O4S.3C2H6/c1-17-11-12-25(15-17)16-22(19-5-4-6-20(26)14-19)24(2)23(27)13-18-7-9-21(10-8-18)30(3,28)29;3*1-2/h4-10,14,17,22,26H,11-13,15-16H2,1-3H3;3*1-2H3/t17?,22-;;;/m1.../s1. The van der Waals surface area contributed by atoms with E-state index < -0.39 is 9.84 Å². The van der Waals surface area contributed by atoms with Crippen LogP contribution in [0, 0.1) is 5.92 Å². The number of carbonyl (C=O) groups excluding carboxylic acids is 1. The Hall–Kier alpha value is -2.38. The number of hydrogen-bond acceptors (Lipinski definition) is 5. The lowest BCUT2D eigenvalue weighted by molar-refractivity contribution is -0.131. The van der Waals surface area contributed by atoms with Crippen LogP contribution in [-0.2, 0) is 21.1 Å². The normalized spacial score (nSPS) is 15.8. The van der Waals surface area contributed by atoms with Gasteiger partial charge in [0.2, 0.25) is 5.91 Å². The number of sulfone groups is 1. The zero-order chi connectivity index (χ0) is 27.9. The predicted octanol–water partition coefficient (Wildman–Crippen LogP) is 5.96. The molecule has 3 rings (SSSR count). The number of phenolic OH excluding ortho intramolecular Hbond substituents is 1. The number of amides is 1. The number of hydrogen-bond donors (Lipinski definition) is 1. The van der Waals surface area contributed by atoms with E-state index in [-0.39, 0.29) is 29.0 Å². The Morgan fingerprint density at radius 1 is 1.06 bits per heavy atom. The summed E-state index contributed by atoms with van der Waals surface area (Å²) < 4.78 is 23.3. The Labute approximate surface area is 220 Å². The molecule has 0 saturated carbocycles. The molecule has 1 aliphatic rings. The van der Waals surface area contributed by atoms with Gasteiger partial charge in [0.05, 0.1) is 17.4 Å². The van der Waals surface area contributed by atoms with Crippen LogP contribution in [0.1, 0.15) is 72.1 Å². The minimum absolute atomic E-state index is 0.0531. The molecule has 0 radical (unpaired) electrons. The van der Waals surface area contributed by atoms with Crippen molar-refractivity contribution in [1.29, 1.82) is 0 Å². The largest absolute Gasteiger partial charge is 0.508 e. The summed E-state index contributed by atoms with van der Waals surface area (Å²) in [6.07, 6.45) is 2.50. The van der Waals surface area contributed by atoms with Crippen LogP contribution < -0.4 is 0 Å². The second-order valence-electron chi connectivity index (χ2n) is 8.36. The minimum atomic E-state index is -3.26. The van der Waals surface area contributed by atoms with Crippen molar-refractivity contribution in [2.24, 2.45) is 5.92 Å². The molecule has 1 fully saturated rings. The molecule has 6 nitrogen and oxygen atoms in total. The summed E-state index contributed by atoms with van der Waals surface area (Å²) in [5.41, 5.74) is 1.67. The molecular weight excluding hydrogens is 472 g/mol. The third-order valence-corrected chi connectivity index (χ3v) is 6.89. The molecule has 2 atom stereocenters. The minimum Gasteiger partial charge on any atom is -0.508 e. The number of aromatic hydroxyl groups is 1. The molecule has 1 aliphatic heterocycles. The van der Waals surface area contributed by atoms with Gasteiger partial charge in [-0.2, -0.15) is 0 Å². The first-order valence-electron chi connectivity index (χ1n) is 13.2. The Morgan fingerprint density at radius 3 is 2.11 bits per heavy atom. The summed E-state index contributed by atoms with van der Waals surface area (Å²) in [7, 11) is -1.47. The van der Waals surface area contributed by atoms with Crippen LogP contribution in [0.5, 0.6) is 5.75 Å². The maximum Gasteiger partial charge on any atom is 0.227 e. The molecule has 1 saturated heterocycles. The zero-order valence-electron chi connectivity index (χ0n) is 23.8. The fourth-order valence-electron chi connectivity index (χ4n) is 3.95. The highest BCUT2D eigenvalue weighted by atomic mass is 32.2. The van der Waals surface area contributed by atoms with Crippen LogP contribution in [-0.4, -0.2) is 62.2 Å². The SMILES string of the molecule is CC.CC.CC.CC1CCN(C[C@H](c2cccc(O)c2)N(C)C(=O)Cc2ccc(S(C)(=O)=O)cc2)C1. The van der Waals surface area contributed by atoms with Gasteiger partial charge in [0.1, 0.15) is 5.75 Å². The van der Waals surface area contributed by atoms with Crippen molar-refractivity contribution in [3.05, 3.63) is 59.7 Å². The van der Waals surface area contributed by atoms with Crippen molar-refractivity contribution in [1.82, 2.24) is 9.80 Å². The van der Waals surface area contributed by atoms with E-state index in [1.54, 1.807) is 42.3 Å². The molecule has 1 amide bonds. The van der Waals surface area contributed by atoms with Gasteiger partial charge in [0.25, 0.3) is 0 Å². The molecule has 0 aliphatic carbocycles. The molecular formula is C29H48N2O4S. The van der Waals surface area contributed by atoms with Gasteiger partial charge < -0.3 is 14.9 Å². The summed E-state index contributed by atoms with van der Waals surface area (Å²) in [6, 6.07) is 13.4. The highest BCUT2D eigenvalue weighted by molar-refractivity contribution is 7.90. The van der Waals surface area contributed by atoms with Crippen LogP contribution >= 0.6 is 0 Å². The fourth-order valence-corrected chi connectivity index (χ4v) is 4.58. The van der Waals surface area contributed by atoms with Gasteiger partial charge in [0.15, 0.2) is 9.84 Å². The lowest BCUT2D eigenvalue weighted by Gasteiger charge is -2.32. The summed E-state index contributed by atoms with van der Waals surface area (Å²) in [5.74, 6) is 0.774. The highest BCUT2D eigenvalue weighted by Gasteiger charge is 2.27. The molecule has 204 valence electrons. The molecule has 1 N–H and O–H groups in total. The first-order valence-corrected chi connectivity index (χ1v) is 15.1. The number of carbonyl (C=O) groups is 1. The average molecular weight is 521 g/mol. The number of phenols is 1. The van der Waals surface area contributed by atoms with Crippen LogP contribution in [0.25, 0.3) is 0 Å². The predicted molar refractivity (Wildman–Crippen MR) is 151 cm³/mol. The lowest BCUT2D eigenvalue weighted by Crippen LogP contribution is -2.39. The molecule has 7 heteroatoms. The van der Waals surface area contributed by atoms with Crippen molar-refractivity contribution in [2.75, 3.05) is 32.9 Å². The number of likely N-dealkylation sites (N-methyl/N-ethyl adjacent to an activating group) is 1. The number of benzene rings is 2. The van der Waals surface area contributed by atoms with Gasteiger partial charge >= 0.3 is 0 Å². The van der Waals surface area contributed by atoms with E-state index in [0.29, 0.717) is 12.5 Å². The van der Waals surface area contributed by atoms with Crippen molar-refractivity contribution < 1.29 is 18.3 Å². The number of rotatable bonds is 7. The van der Waals surface area contributed by atoms with Crippen molar-refractivity contribution >= 4 is 15.7 Å². The number of nitrogens with zero attached hydrogens (tertiary/aromatic N) is 2. The smallest absolute Gasteiger partial charge is 0.227 e. The van der Waals surface area contributed by atoms with Gasteiger partial charge in [-0.3, -0.25) is 4.79 Å². The van der Waals surface area contributed by atoms with E-state index in [2.05, 4.69) is 11.8 Å². The van der Waals surface area contributed by atoms with Crippen molar-refractivity contribution in [3.63, 3.8) is 0 Å². The second kappa shape index (κ2) is 17.1. The summed E-state index contributed by atoms with van der Waals surface area (Å²) >= 11 is 0. The van der Waals surface area contributed by atoms with Crippen molar-refractivity contribution in [2.45, 2.75) is 72.2 Å². The quantitative estimate of drug-likeness (QED) is 0.487. The monoisotopic (exact) mass is 520 g/mol. The highest BCUT2D eigenvalue weighted by Crippen LogP contribution is 2.27. The fraction of sp³-hybridized carbons (Fsp3) is 0.552.